The number of thiazole rings is 1. The standard InChI is InChI=1S/C24H24N2O2S2/c1-14-7-8-16(15(2)11-14)13-29-24-25-20-10-9-17(12-21(20)30-24)26-22(27)18-5-3-4-6-19(18)23(26)28/h7-12,18-19H,3-6,13H2,1-2H3/t18-,19-/m1/s1. The second-order valence-corrected chi connectivity index (χ2v) is 10.6. The zero-order chi connectivity index (χ0) is 20.8. The number of carbonyl (C=O) groups is 2. The highest BCUT2D eigenvalue weighted by molar-refractivity contribution is 8.00. The van der Waals surface area contributed by atoms with Gasteiger partial charge in [-0.05, 0) is 56.0 Å². The zero-order valence-corrected chi connectivity index (χ0v) is 18.8. The Kier molecular flexibility index (Phi) is 5.15. The number of imide groups is 1. The van der Waals surface area contributed by atoms with Crippen molar-refractivity contribution >= 4 is 50.8 Å². The minimum Gasteiger partial charge on any atom is -0.274 e. The molecule has 30 heavy (non-hydrogen) atoms. The number of rotatable bonds is 4. The highest BCUT2D eigenvalue weighted by Gasteiger charge is 2.48. The van der Waals surface area contributed by atoms with Crippen LogP contribution in [0.5, 0.6) is 0 Å². The Balaban J connectivity index is 1.38. The molecule has 4 nitrogen and oxygen atoms in total. The third kappa shape index (κ3) is 3.46. The van der Waals surface area contributed by atoms with E-state index in [1.807, 2.05) is 18.2 Å². The second kappa shape index (κ2) is 7.82. The Hall–Kier alpha value is -2.18. The molecule has 1 saturated carbocycles. The monoisotopic (exact) mass is 436 g/mol. The van der Waals surface area contributed by atoms with Gasteiger partial charge in [-0.3, -0.25) is 14.5 Å². The highest BCUT2D eigenvalue weighted by Crippen LogP contribution is 2.41. The molecule has 0 spiro atoms. The smallest absolute Gasteiger partial charge is 0.237 e. The highest BCUT2D eigenvalue weighted by atomic mass is 32.2. The Labute approximate surface area is 184 Å². The average Bonchev–Trinajstić information content (AvgIpc) is 3.25. The van der Waals surface area contributed by atoms with E-state index < -0.39 is 0 Å². The number of anilines is 1. The first-order valence-electron chi connectivity index (χ1n) is 10.5. The van der Waals surface area contributed by atoms with Crippen molar-refractivity contribution < 1.29 is 9.59 Å². The molecular formula is C24H24N2O2S2. The van der Waals surface area contributed by atoms with Gasteiger partial charge in [-0.1, -0.05) is 48.4 Å². The SMILES string of the molecule is Cc1ccc(CSc2nc3ccc(N4C(=O)[C@@H]5CCCC[C@H]5C4=O)cc3s2)c(C)c1. The van der Waals surface area contributed by atoms with Crippen molar-refractivity contribution in [1.82, 2.24) is 4.98 Å². The van der Waals surface area contributed by atoms with E-state index in [2.05, 4.69) is 32.0 Å². The van der Waals surface area contributed by atoms with Gasteiger partial charge in [0, 0.05) is 5.75 Å². The molecule has 5 rings (SSSR count). The Bertz CT molecular complexity index is 1130. The Morgan fingerprint density at radius 1 is 1.03 bits per heavy atom. The van der Waals surface area contributed by atoms with Crippen LogP contribution in [0.15, 0.2) is 40.7 Å². The summed E-state index contributed by atoms with van der Waals surface area (Å²) in [6.07, 6.45) is 3.77. The van der Waals surface area contributed by atoms with Gasteiger partial charge in [0.15, 0.2) is 4.34 Å². The number of amides is 2. The van der Waals surface area contributed by atoms with E-state index in [0.717, 1.165) is 46.0 Å². The van der Waals surface area contributed by atoms with E-state index in [9.17, 15) is 9.59 Å². The van der Waals surface area contributed by atoms with Crippen LogP contribution in [-0.4, -0.2) is 16.8 Å². The molecular weight excluding hydrogens is 412 g/mol. The third-order valence-corrected chi connectivity index (χ3v) is 8.51. The van der Waals surface area contributed by atoms with Crippen LogP contribution in [-0.2, 0) is 15.3 Å². The van der Waals surface area contributed by atoms with Gasteiger partial charge in [-0.2, -0.15) is 0 Å². The first-order chi connectivity index (χ1) is 14.5. The predicted molar refractivity (Wildman–Crippen MR) is 123 cm³/mol. The number of benzene rings is 2. The molecule has 2 heterocycles. The van der Waals surface area contributed by atoms with Crippen LogP contribution in [0.2, 0.25) is 0 Å². The number of fused-ring (bicyclic) bond motifs is 2. The third-order valence-electron chi connectivity index (χ3n) is 6.30. The molecule has 154 valence electrons. The molecule has 1 aliphatic heterocycles. The largest absolute Gasteiger partial charge is 0.274 e. The molecule has 1 aromatic heterocycles. The van der Waals surface area contributed by atoms with E-state index >= 15 is 0 Å². The van der Waals surface area contributed by atoms with Gasteiger partial charge in [0.25, 0.3) is 0 Å². The molecule has 0 radical (unpaired) electrons. The van der Waals surface area contributed by atoms with Crippen LogP contribution < -0.4 is 4.90 Å². The van der Waals surface area contributed by atoms with Crippen LogP contribution in [0.25, 0.3) is 10.2 Å². The summed E-state index contributed by atoms with van der Waals surface area (Å²) in [4.78, 5) is 32.0. The number of thioether (sulfide) groups is 1. The van der Waals surface area contributed by atoms with Crippen LogP contribution in [0.4, 0.5) is 5.69 Å². The van der Waals surface area contributed by atoms with E-state index in [1.165, 1.54) is 21.6 Å². The lowest BCUT2D eigenvalue weighted by Crippen LogP contribution is -2.30. The molecule has 1 saturated heterocycles. The van der Waals surface area contributed by atoms with Crippen LogP contribution in [0.3, 0.4) is 0 Å². The normalized spacial score (nSPS) is 21.5. The fraction of sp³-hybridized carbons (Fsp3) is 0.375. The summed E-state index contributed by atoms with van der Waals surface area (Å²) < 4.78 is 2.03. The van der Waals surface area contributed by atoms with Gasteiger partial charge in [0.2, 0.25) is 11.8 Å². The molecule has 2 fully saturated rings. The van der Waals surface area contributed by atoms with Gasteiger partial charge in [-0.25, -0.2) is 4.98 Å². The summed E-state index contributed by atoms with van der Waals surface area (Å²) in [7, 11) is 0. The molecule has 6 heteroatoms. The van der Waals surface area contributed by atoms with Gasteiger partial charge in [0.1, 0.15) is 0 Å². The molecule has 0 N–H and O–H groups in total. The van der Waals surface area contributed by atoms with Crippen LogP contribution in [0, 0.1) is 25.7 Å². The zero-order valence-electron chi connectivity index (χ0n) is 17.2. The van der Waals surface area contributed by atoms with Crippen molar-refractivity contribution in [2.24, 2.45) is 11.8 Å². The maximum absolute atomic E-state index is 12.9. The van der Waals surface area contributed by atoms with Gasteiger partial charge < -0.3 is 0 Å². The lowest BCUT2D eigenvalue weighted by atomic mass is 9.81. The molecule has 0 unspecified atom stereocenters. The molecule has 0 bridgehead atoms. The Morgan fingerprint density at radius 2 is 1.77 bits per heavy atom. The molecule has 3 aromatic rings. The number of aromatic nitrogens is 1. The van der Waals surface area contributed by atoms with E-state index in [0.29, 0.717) is 5.69 Å². The minimum absolute atomic E-state index is 0.0157. The van der Waals surface area contributed by atoms with Crippen molar-refractivity contribution in [2.75, 3.05) is 4.90 Å². The Morgan fingerprint density at radius 3 is 2.47 bits per heavy atom. The predicted octanol–water partition coefficient (Wildman–Crippen LogP) is 5.89. The minimum atomic E-state index is -0.118. The fourth-order valence-electron chi connectivity index (χ4n) is 4.66. The summed E-state index contributed by atoms with van der Waals surface area (Å²) in [5, 5.41) is 0. The molecule has 2 amide bonds. The number of hydrogen-bond acceptors (Lipinski definition) is 5. The van der Waals surface area contributed by atoms with E-state index in [4.69, 9.17) is 4.98 Å². The van der Waals surface area contributed by atoms with Gasteiger partial charge in [0.05, 0.1) is 27.7 Å². The second-order valence-electron chi connectivity index (χ2n) is 8.36. The summed E-state index contributed by atoms with van der Waals surface area (Å²) in [5.74, 6) is 0.612. The van der Waals surface area contributed by atoms with Crippen LogP contribution >= 0.6 is 23.1 Å². The first-order valence-corrected chi connectivity index (χ1v) is 12.3. The lowest BCUT2D eigenvalue weighted by Gasteiger charge is -2.19. The summed E-state index contributed by atoms with van der Waals surface area (Å²) in [6, 6.07) is 12.3. The molecule has 2 aliphatic rings. The maximum Gasteiger partial charge on any atom is 0.237 e. The number of nitrogens with zero attached hydrogens (tertiary/aromatic N) is 2. The van der Waals surface area contributed by atoms with Crippen molar-refractivity contribution in [1.29, 1.82) is 0 Å². The quantitative estimate of drug-likeness (QED) is 0.378. The fourth-order valence-corrected chi connectivity index (χ4v) is 6.83. The van der Waals surface area contributed by atoms with Crippen molar-refractivity contribution in [3.8, 4) is 0 Å². The number of hydrogen-bond donors (Lipinski definition) is 0. The van der Waals surface area contributed by atoms with Crippen molar-refractivity contribution in [2.45, 2.75) is 49.6 Å². The van der Waals surface area contributed by atoms with Crippen LogP contribution in [0.1, 0.15) is 42.4 Å². The summed E-state index contributed by atoms with van der Waals surface area (Å²) in [6.45, 7) is 4.26. The molecule has 1 aliphatic carbocycles. The van der Waals surface area contributed by atoms with E-state index in [-0.39, 0.29) is 23.7 Å². The topological polar surface area (TPSA) is 50.3 Å². The first kappa shape index (κ1) is 19.8. The molecule has 2 atom stereocenters. The average molecular weight is 437 g/mol. The maximum atomic E-state index is 12.9. The number of aryl methyl sites for hydroxylation is 2. The lowest BCUT2D eigenvalue weighted by molar-refractivity contribution is -0.122. The van der Waals surface area contributed by atoms with Crippen molar-refractivity contribution in [3.05, 3.63) is 53.1 Å². The number of carbonyl (C=O) groups excluding carboxylic acids is 2. The summed E-state index contributed by atoms with van der Waals surface area (Å²) in [5.41, 5.74) is 5.52. The van der Waals surface area contributed by atoms with Gasteiger partial charge in [-0.15, -0.1) is 11.3 Å². The van der Waals surface area contributed by atoms with E-state index in [1.54, 1.807) is 23.1 Å². The van der Waals surface area contributed by atoms with Crippen molar-refractivity contribution in [3.63, 3.8) is 0 Å². The molecule has 2 aromatic carbocycles. The van der Waals surface area contributed by atoms with Gasteiger partial charge >= 0.3 is 0 Å². The summed E-state index contributed by atoms with van der Waals surface area (Å²) >= 11 is 3.36.